The van der Waals surface area contributed by atoms with Crippen LogP contribution in [0.2, 0.25) is 0 Å². The van der Waals surface area contributed by atoms with Crippen LogP contribution < -0.4 is 4.74 Å². The summed E-state index contributed by atoms with van der Waals surface area (Å²) in [5, 5.41) is 10.1. The van der Waals surface area contributed by atoms with Gasteiger partial charge >= 0.3 is 0 Å². The van der Waals surface area contributed by atoms with Gasteiger partial charge in [-0.05, 0) is 17.7 Å². The van der Waals surface area contributed by atoms with E-state index in [9.17, 15) is 9.50 Å². The Balaban J connectivity index is 2.33. The highest BCUT2D eigenvalue weighted by atomic mass is 19.1. The molecule has 0 saturated carbocycles. The van der Waals surface area contributed by atoms with Crippen molar-refractivity contribution in [1.82, 2.24) is 0 Å². The van der Waals surface area contributed by atoms with Crippen molar-refractivity contribution in [1.29, 1.82) is 0 Å². The van der Waals surface area contributed by atoms with Crippen LogP contribution in [0.1, 0.15) is 12.0 Å². The minimum Gasteiger partial charge on any atom is -0.494 e. The molecule has 1 atom stereocenters. The average molecular weight is 212 g/mol. The van der Waals surface area contributed by atoms with Crippen LogP contribution in [0.25, 0.3) is 0 Å². The quantitative estimate of drug-likeness (QED) is 0.806. The van der Waals surface area contributed by atoms with E-state index in [0.29, 0.717) is 18.6 Å². The molecule has 1 N–H and O–H groups in total. The number of ether oxygens (including phenoxy) is 2. The summed E-state index contributed by atoms with van der Waals surface area (Å²) in [7, 11) is 1.41. The van der Waals surface area contributed by atoms with Crippen molar-refractivity contribution in [2.75, 3.05) is 20.3 Å². The summed E-state index contributed by atoms with van der Waals surface area (Å²) in [5.41, 5.74) is -0.508. The number of hydrogen-bond donors (Lipinski definition) is 1. The number of aliphatic hydroxyl groups is 1. The van der Waals surface area contributed by atoms with Gasteiger partial charge < -0.3 is 14.6 Å². The molecule has 4 heteroatoms. The van der Waals surface area contributed by atoms with Crippen LogP contribution >= 0.6 is 0 Å². The second-order valence-electron chi connectivity index (χ2n) is 3.68. The first-order valence-electron chi connectivity index (χ1n) is 4.80. The van der Waals surface area contributed by atoms with E-state index in [4.69, 9.17) is 9.47 Å². The van der Waals surface area contributed by atoms with Crippen molar-refractivity contribution in [3.8, 4) is 5.75 Å². The summed E-state index contributed by atoms with van der Waals surface area (Å²) in [6.07, 6.45) is 0.499. The first kappa shape index (κ1) is 10.4. The third kappa shape index (κ3) is 1.82. The normalized spacial score (nSPS) is 25.5. The SMILES string of the molecule is COc1ccc(C2(O)CCOC2)cc1F. The standard InChI is InChI=1S/C11H13FO3/c1-14-10-3-2-8(6-9(10)12)11(13)4-5-15-7-11/h2-3,6,13H,4-5,7H2,1H3. The molecule has 1 aromatic carbocycles. The number of rotatable bonds is 2. The van der Waals surface area contributed by atoms with Gasteiger partial charge in [-0.3, -0.25) is 0 Å². The Bertz CT molecular complexity index is 359. The molecule has 0 amide bonds. The third-order valence-corrected chi connectivity index (χ3v) is 2.69. The monoisotopic (exact) mass is 212 g/mol. The fourth-order valence-corrected chi connectivity index (χ4v) is 1.74. The van der Waals surface area contributed by atoms with E-state index in [-0.39, 0.29) is 12.4 Å². The molecule has 0 spiro atoms. The van der Waals surface area contributed by atoms with Crippen LogP contribution in [-0.2, 0) is 10.3 Å². The smallest absolute Gasteiger partial charge is 0.165 e. The highest BCUT2D eigenvalue weighted by Crippen LogP contribution is 2.32. The van der Waals surface area contributed by atoms with E-state index in [1.54, 1.807) is 6.07 Å². The fourth-order valence-electron chi connectivity index (χ4n) is 1.74. The molecule has 0 bridgehead atoms. The van der Waals surface area contributed by atoms with Gasteiger partial charge in [-0.25, -0.2) is 4.39 Å². The molecule has 1 saturated heterocycles. The molecule has 1 unspecified atom stereocenters. The van der Waals surface area contributed by atoms with Crippen LogP contribution in [0.4, 0.5) is 4.39 Å². The minimum atomic E-state index is -1.05. The lowest BCUT2D eigenvalue weighted by Gasteiger charge is -2.21. The molecule has 1 fully saturated rings. The molecule has 82 valence electrons. The summed E-state index contributed by atoms with van der Waals surface area (Å²) < 4.78 is 23.3. The Hall–Kier alpha value is -1.13. The number of halogens is 1. The van der Waals surface area contributed by atoms with Gasteiger partial charge in [0.2, 0.25) is 0 Å². The second kappa shape index (κ2) is 3.79. The zero-order valence-electron chi connectivity index (χ0n) is 8.50. The Labute approximate surface area is 87.4 Å². The molecule has 0 aliphatic carbocycles. The maximum Gasteiger partial charge on any atom is 0.165 e. The van der Waals surface area contributed by atoms with Crippen molar-refractivity contribution in [3.63, 3.8) is 0 Å². The molecule has 1 heterocycles. The lowest BCUT2D eigenvalue weighted by molar-refractivity contribution is 0.0229. The van der Waals surface area contributed by atoms with Gasteiger partial charge in [0.15, 0.2) is 11.6 Å². The molecule has 0 aromatic heterocycles. The lowest BCUT2D eigenvalue weighted by atomic mass is 9.93. The highest BCUT2D eigenvalue weighted by molar-refractivity contribution is 5.33. The molecule has 0 radical (unpaired) electrons. The van der Waals surface area contributed by atoms with E-state index in [1.807, 2.05) is 0 Å². The molecule has 1 aromatic rings. The zero-order valence-corrected chi connectivity index (χ0v) is 8.50. The average Bonchev–Trinajstić information content (AvgIpc) is 2.66. The molecule has 15 heavy (non-hydrogen) atoms. The molecular formula is C11H13FO3. The lowest BCUT2D eigenvalue weighted by Crippen LogP contribution is -2.25. The molecular weight excluding hydrogens is 199 g/mol. The summed E-state index contributed by atoms with van der Waals surface area (Å²) in [5.74, 6) is -0.281. The van der Waals surface area contributed by atoms with Crippen molar-refractivity contribution in [2.24, 2.45) is 0 Å². The van der Waals surface area contributed by atoms with Crippen LogP contribution in [0.15, 0.2) is 18.2 Å². The van der Waals surface area contributed by atoms with E-state index in [1.165, 1.54) is 19.2 Å². The van der Waals surface area contributed by atoms with Crippen molar-refractivity contribution in [2.45, 2.75) is 12.0 Å². The number of methoxy groups -OCH3 is 1. The van der Waals surface area contributed by atoms with Gasteiger partial charge in [0.25, 0.3) is 0 Å². The Morgan fingerprint density at radius 1 is 1.53 bits per heavy atom. The first-order valence-corrected chi connectivity index (χ1v) is 4.80. The molecule has 1 aliphatic rings. The van der Waals surface area contributed by atoms with E-state index in [0.717, 1.165) is 0 Å². The van der Waals surface area contributed by atoms with Gasteiger partial charge in [0.05, 0.1) is 13.7 Å². The predicted octanol–water partition coefficient (Wildman–Crippen LogP) is 1.44. The van der Waals surface area contributed by atoms with E-state index in [2.05, 4.69) is 0 Å². The first-order chi connectivity index (χ1) is 7.15. The molecule has 3 nitrogen and oxygen atoms in total. The Kier molecular flexibility index (Phi) is 2.63. The topological polar surface area (TPSA) is 38.7 Å². The predicted molar refractivity (Wildman–Crippen MR) is 52.3 cm³/mol. The van der Waals surface area contributed by atoms with E-state index < -0.39 is 11.4 Å². The van der Waals surface area contributed by atoms with Crippen molar-refractivity contribution < 1.29 is 19.0 Å². The Morgan fingerprint density at radius 3 is 2.87 bits per heavy atom. The largest absolute Gasteiger partial charge is 0.494 e. The van der Waals surface area contributed by atoms with Gasteiger partial charge in [-0.1, -0.05) is 6.07 Å². The minimum absolute atomic E-state index is 0.182. The molecule has 1 aliphatic heterocycles. The van der Waals surface area contributed by atoms with Crippen LogP contribution in [0.3, 0.4) is 0 Å². The van der Waals surface area contributed by atoms with Crippen molar-refractivity contribution in [3.05, 3.63) is 29.6 Å². The van der Waals surface area contributed by atoms with E-state index >= 15 is 0 Å². The second-order valence-corrected chi connectivity index (χ2v) is 3.68. The van der Waals surface area contributed by atoms with Gasteiger partial charge in [0, 0.05) is 13.0 Å². The maximum absolute atomic E-state index is 13.4. The maximum atomic E-state index is 13.4. The van der Waals surface area contributed by atoms with Gasteiger partial charge in [-0.15, -0.1) is 0 Å². The summed E-state index contributed by atoms with van der Waals surface area (Å²) in [4.78, 5) is 0. The highest BCUT2D eigenvalue weighted by Gasteiger charge is 2.34. The summed E-state index contributed by atoms with van der Waals surface area (Å²) in [6, 6.07) is 4.48. The Morgan fingerprint density at radius 2 is 2.33 bits per heavy atom. The van der Waals surface area contributed by atoms with Crippen LogP contribution in [-0.4, -0.2) is 25.4 Å². The number of hydrogen-bond acceptors (Lipinski definition) is 3. The van der Waals surface area contributed by atoms with Crippen molar-refractivity contribution >= 4 is 0 Å². The van der Waals surface area contributed by atoms with Gasteiger partial charge in [0.1, 0.15) is 5.60 Å². The zero-order chi connectivity index (χ0) is 10.9. The summed E-state index contributed by atoms with van der Waals surface area (Å²) in [6.45, 7) is 0.725. The fraction of sp³-hybridized carbons (Fsp3) is 0.455. The molecule has 2 rings (SSSR count). The van der Waals surface area contributed by atoms with Crippen LogP contribution in [0.5, 0.6) is 5.75 Å². The van der Waals surface area contributed by atoms with Gasteiger partial charge in [-0.2, -0.15) is 0 Å². The number of benzene rings is 1. The van der Waals surface area contributed by atoms with Crippen LogP contribution in [0, 0.1) is 5.82 Å². The summed E-state index contributed by atoms with van der Waals surface area (Å²) >= 11 is 0. The third-order valence-electron chi connectivity index (χ3n) is 2.69.